The highest BCUT2D eigenvalue weighted by Crippen LogP contribution is 2.15. The van der Waals surface area contributed by atoms with Crippen molar-refractivity contribution < 1.29 is 19.4 Å². The van der Waals surface area contributed by atoms with E-state index < -0.39 is 18.0 Å². The SMILES string of the molecule is COC(CNC(=O)c1cn(-c2ccc(Cl)cc2)nc1C)C(=O)O. The highest BCUT2D eigenvalue weighted by Gasteiger charge is 2.19. The zero-order valence-corrected chi connectivity index (χ0v) is 13.4. The molecule has 1 unspecified atom stereocenters. The molecule has 8 heteroatoms. The fourth-order valence-electron chi connectivity index (χ4n) is 1.96. The Morgan fingerprint density at radius 1 is 1.39 bits per heavy atom. The van der Waals surface area contributed by atoms with Gasteiger partial charge in [0.25, 0.3) is 5.91 Å². The summed E-state index contributed by atoms with van der Waals surface area (Å²) in [5.41, 5.74) is 1.65. The van der Waals surface area contributed by atoms with E-state index in [1.165, 1.54) is 7.11 Å². The molecule has 122 valence electrons. The Kier molecular flexibility index (Phi) is 5.36. The van der Waals surface area contributed by atoms with Crippen molar-refractivity contribution >= 4 is 23.5 Å². The molecule has 2 aromatic rings. The first-order valence-electron chi connectivity index (χ1n) is 6.78. The fourth-order valence-corrected chi connectivity index (χ4v) is 2.09. The highest BCUT2D eigenvalue weighted by molar-refractivity contribution is 6.30. The minimum Gasteiger partial charge on any atom is -0.479 e. The lowest BCUT2D eigenvalue weighted by Crippen LogP contribution is -2.37. The molecule has 0 saturated carbocycles. The van der Waals surface area contributed by atoms with Crippen molar-refractivity contribution in [2.75, 3.05) is 13.7 Å². The van der Waals surface area contributed by atoms with Gasteiger partial charge in [0.2, 0.25) is 0 Å². The number of hydrogen-bond donors (Lipinski definition) is 2. The second kappa shape index (κ2) is 7.26. The molecule has 0 aliphatic heterocycles. The minimum atomic E-state index is -1.14. The number of halogens is 1. The quantitative estimate of drug-likeness (QED) is 0.836. The average Bonchev–Trinajstić information content (AvgIpc) is 2.90. The van der Waals surface area contributed by atoms with E-state index in [0.29, 0.717) is 16.3 Å². The molecule has 0 fully saturated rings. The summed E-state index contributed by atoms with van der Waals surface area (Å²) in [7, 11) is 1.27. The molecule has 1 amide bonds. The van der Waals surface area contributed by atoms with Gasteiger partial charge in [0.15, 0.2) is 6.10 Å². The number of carboxylic acids is 1. The van der Waals surface area contributed by atoms with Gasteiger partial charge in [-0.05, 0) is 31.2 Å². The first-order valence-corrected chi connectivity index (χ1v) is 7.16. The number of hydrogen-bond acceptors (Lipinski definition) is 4. The van der Waals surface area contributed by atoms with Gasteiger partial charge in [0.05, 0.1) is 23.5 Å². The number of benzene rings is 1. The average molecular weight is 338 g/mol. The Hall–Kier alpha value is -2.38. The Morgan fingerprint density at radius 3 is 2.61 bits per heavy atom. The monoisotopic (exact) mass is 337 g/mol. The smallest absolute Gasteiger partial charge is 0.334 e. The largest absolute Gasteiger partial charge is 0.479 e. The van der Waals surface area contributed by atoms with E-state index in [9.17, 15) is 9.59 Å². The first-order chi connectivity index (χ1) is 10.9. The molecule has 0 saturated heterocycles. The molecule has 2 N–H and O–H groups in total. The van der Waals surface area contributed by atoms with E-state index in [1.54, 1.807) is 42.1 Å². The van der Waals surface area contributed by atoms with E-state index in [-0.39, 0.29) is 6.54 Å². The summed E-state index contributed by atoms with van der Waals surface area (Å²) in [6.45, 7) is 1.57. The van der Waals surface area contributed by atoms with Crippen LogP contribution in [0.1, 0.15) is 16.1 Å². The molecular formula is C15H16ClN3O4. The van der Waals surface area contributed by atoms with E-state index >= 15 is 0 Å². The van der Waals surface area contributed by atoms with Crippen LogP contribution >= 0.6 is 11.6 Å². The van der Waals surface area contributed by atoms with Gasteiger partial charge in [0.1, 0.15) is 0 Å². The number of carbonyl (C=O) groups is 2. The van der Waals surface area contributed by atoms with E-state index in [2.05, 4.69) is 10.4 Å². The van der Waals surface area contributed by atoms with Crippen molar-refractivity contribution in [3.8, 4) is 5.69 Å². The zero-order valence-electron chi connectivity index (χ0n) is 12.6. The van der Waals surface area contributed by atoms with E-state index in [0.717, 1.165) is 5.69 Å². The van der Waals surface area contributed by atoms with Gasteiger partial charge in [-0.15, -0.1) is 0 Å². The number of rotatable bonds is 6. The number of carbonyl (C=O) groups excluding carboxylic acids is 1. The number of aromatic nitrogens is 2. The molecule has 0 aliphatic rings. The second-order valence-corrected chi connectivity index (χ2v) is 5.26. The van der Waals surface area contributed by atoms with Crippen LogP contribution in [-0.4, -0.2) is 46.5 Å². The lowest BCUT2D eigenvalue weighted by atomic mass is 10.2. The summed E-state index contributed by atoms with van der Waals surface area (Å²) < 4.78 is 6.33. The van der Waals surface area contributed by atoms with Crippen LogP contribution in [0.3, 0.4) is 0 Å². The third-order valence-electron chi connectivity index (χ3n) is 3.24. The normalized spacial score (nSPS) is 12.0. The third kappa shape index (κ3) is 4.08. The Labute approximate surface area is 137 Å². The van der Waals surface area contributed by atoms with Crippen LogP contribution in [0.4, 0.5) is 0 Å². The van der Waals surface area contributed by atoms with Crippen LogP contribution in [0.5, 0.6) is 0 Å². The van der Waals surface area contributed by atoms with Gasteiger partial charge < -0.3 is 15.2 Å². The molecule has 7 nitrogen and oxygen atoms in total. The topological polar surface area (TPSA) is 93.5 Å². The number of carboxylic acid groups (broad SMARTS) is 1. The van der Waals surface area contributed by atoms with Crippen molar-refractivity contribution in [2.45, 2.75) is 13.0 Å². The number of ether oxygens (including phenoxy) is 1. The van der Waals surface area contributed by atoms with Gasteiger partial charge in [-0.2, -0.15) is 5.10 Å². The predicted octanol–water partition coefficient (Wildman–Crippen LogP) is 1.66. The number of amides is 1. The van der Waals surface area contributed by atoms with Gasteiger partial charge in [0, 0.05) is 18.3 Å². The summed E-state index contributed by atoms with van der Waals surface area (Å²) in [6, 6.07) is 7.01. The molecule has 0 spiro atoms. The van der Waals surface area contributed by atoms with Crippen molar-refractivity contribution in [3.63, 3.8) is 0 Å². The van der Waals surface area contributed by atoms with Gasteiger partial charge in [-0.1, -0.05) is 11.6 Å². The molecule has 1 atom stereocenters. The molecule has 23 heavy (non-hydrogen) atoms. The Morgan fingerprint density at radius 2 is 2.04 bits per heavy atom. The van der Waals surface area contributed by atoms with Crippen LogP contribution in [0, 0.1) is 6.92 Å². The molecule has 2 rings (SSSR count). The van der Waals surface area contributed by atoms with E-state index in [1.807, 2.05) is 0 Å². The number of aliphatic carboxylic acids is 1. The number of aryl methyl sites for hydroxylation is 1. The molecule has 0 bridgehead atoms. The zero-order chi connectivity index (χ0) is 17.0. The summed E-state index contributed by atoms with van der Waals surface area (Å²) in [6.07, 6.45) is 0.488. The summed E-state index contributed by atoms with van der Waals surface area (Å²) >= 11 is 5.84. The Bertz CT molecular complexity index is 712. The van der Waals surface area contributed by atoms with Crippen molar-refractivity contribution in [1.82, 2.24) is 15.1 Å². The second-order valence-electron chi connectivity index (χ2n) is 4.82. The summed E-state index contributed by atoms with van der Waals surface area (Å²) in [5.74, 6) is -1.55. The van der Waals surface area contributed by atoms with Crippen molar-refractivity contribution in [1.29, 1.82) is 0 Å². The predicted molar refractivity (Wildman–Crippen MR) is 84.1 cm³/mol. The fraction of sp³-hybridized carbons (Fsp3) is 0.267. The molecule has 0 radical (unpaired) electrons. The van der Waals surface area contributed by atoms with Crippen molar-refractivity contribution in [2.24, 2.45) is 0 Å². The van der Waals surface area contributed by atoms with Gasteiger partial charge in [-0.3, -0.25) is 4.79 Å². The maximum Gasteiger partial charge on any atom is 0.334 e. The summed E-state index contributed by atoms with van der Waals surface area (Å²) in [4.78, 5) is 23.0. The number of nitrogens with zero attached hydrogens (tertiary/aromatic N) is 2. The third-order valence-corrected chi connectivity index (χ3v) is 3.49. The van der Waals surface area contributed by atoms with Crippen LogP contribution in [0.25, 0.3) is 5.69 Å². The maximum absolute atomic E-state index is 12.2. The molecule has 1 aromatic heterocycles. The Balaban J connectivity index is 2.12. The van der Waals surface area contributed by atoms with Crippen LogP contribution in [0.2, 0.25) is 5.02 Å². The van der Waals surface area contributed by atoms with Crippen LogP contribution < -0.4 is 5.32 Å². The standard InChI is InChI=1S/C15H16ClN3O4/c1-9-12(14(20)17-7-13(23-2)15(21)22)8-19(18-9)11-5-3-10(16)4-6-11/h3-6,8,13H,7H2,1-2H3,(H,17,20)(H,21,22). The number of nitrogens with one attached hydrogen (secondary N) is 1. The highest BCUT2D eigenvalue weighted by atomic mass is 35.5. The van der Waals surface area contributed by atoms with E-state index in [4.69, 9.17) is 21.4 Å². The molecule has 1 aromatic carbocycles. The van der Waals surface area contributed by atoms with Gasteiger partial charge >= 0.3 is 5.97 Å². The van der Waals surface area contributed by atoms with Gasteiger partial charge in [-0.25, -0.2) is 9.48 Å². The minimum absolute atomic E-state index is 0.129. The molecule has 0 aliphatic carbocycles. The molecular weight excluding hydrogens is 322 g/mol. The van der Waals surface area contributed by atoms with Crippen LogP contribution in [0.15, 0.2) is 30.5 Å². The first kappa shape index (κ1) is 17.0. The van der Waals surface area contributed by atoms with Crippen LogP contribution in [-0.2, 0) is 9.53 Å². The number of methoxy groups -OCH3 is 1. The lowest BCUT2D eigenvalue weighted by molar-refractivity contribution is -0.148. The maximum atomic E-state index is 12.2. The summed E-state index contributed by atoms with van der Waals surface area (Å²) in [5, 5.41) is 16.3. The molecule has 1 heterocycles. The lowest BCUT2D eigenvalue weighted by Gasteiger charge is -2.11. The van der Waals surface area contributed by atoms with Crippen molar-refractivity contribution in [3.05, 3.63) is 46.7 Å².